The molecule has 0 atom stereocenters. The van der Waals surface area contributed by atoms with Gasteiger partial charge < -0.3 is 25.1 Å². The number of aliphatic imine (C=N–C) groups is 1. The molecule has 160 valence electrons. The standard InChI is InChI=1S/C21H25F2N5O2/c1-3-24-21(25-11-10-19-27-16-6-4-5-7-17(16)28-19)26-13-14-12-15(29-2)8-9-18(14)30-20(22)23/h4-9,12,20H,3,10-11,13H2,1-2H3,(H,27,28)(H2,24,25,26). The molecule has 0 fully saturated rings. The number of guanidine groups is 1. The quantitative estimate of drug-likeness (QED) is 0.367. The van der Waals surface area contributed by atoms with Crippen molar-refractivity contribution >= 4 is 17.0 Å². The van der Waals surface area contributed by atoms with Crippen LogP contribution >= 0.6 is 0 Å². The first-order chi connectivity index (χ1) is 14.6. The molecule has 0 radical (unpaired) electrons. The van der Waals surface area contributed by atoms with Crippen molar-refractivity contribution < 1.29 is 18.3 Å². The number of H-pyrrole nitrogens is 1. The van der Waals surface area contributed by atoms with E-state index in [9.17, 15) is 8.78 Å². The fourth-order valence-electron chi connectivity index (χ4n) is 2.95. The maximum atomic E-state index is 12.7. The molecule has 0 aliphatic heterocycles. The van der Waals surface area contributed by atoms with Gasteiger partial charge in [-0.05, 0) is 37.3 Å². The zero-order valence-electron chi connectivity index (χ0n) is 16.9. The molecule has 7 nitrogen and oxygen atoms in total. The molecular formula is C21H25F2N5O2. The average molecular weight is 417 g/mol. The normalized spacial score (nSPS) is 11.7. The summed E-state index contributed by atoms with van der Waals surface area (Å²) in [7, 11) is 1.51. The van der Waals surface area contributed by atoms with Crippen molar-refractivity contribution in [3.8, 4) is 11.5 Å². The number of hydrogen-bond acceptors (Lipinski definition) is 4. The third-order valence-corrected chi connectivity index (χ3v) is 4.33. The summed E-state index contributed by atoms with van der Waals surface area (Å²) in [5.74, 6) is 2.07. The molecule has 1 heterocycles. The van der Waals surface area contributed by atoms with Crippen molar-refractivity contribution in [3.05, 3.63) is 53.9 Å². The number of imidazole rings is 1. The molecule has 1 aromatic heterocycles. The van der Waals surface area contributed by atoms with Crippen LogP contribution < -0.4 is 20.1 Å². The van der Waals surface area contributed by atoms with Crippen molar-refractivity contribution in [2.24, 2.45) is 4.99 Å². The van der Waals surface area contributed by atoms with E-state index in [2.05, 4.69) is 30.3 Å². The van der Waals surface area contributed by atoms with E-state index in [0.29, 0.717) is 36.8 Å². The Hall–Kier alpha value is -3.36. The molecule has 0 saturated carbocycles. The Bertz CT molecular complexity index is 957. The van der Waals surface area contributed by atoms with Gasteiger partial charge in [-0.1, -0.05) is 12.1 Å². The monoisotopic (exact) mass is 417 g/mol. The number of nitrogens with one attached hydrogen (secondary N) is 3. The highest BCUT2D eigenvalue weighted by atomic mass is 19.3. The zero-order valence-corrected chi connectivity index (χ0v) is 16.9. The minimum atomic E-state index is -2.91. The van der Waals surface area contributed by atoms with Crippen LogP contribution in [0.15, 0.2) is 47.5 Å². The molecule has 0 spiro atoms. The van der Waals surface area contributed by atoms with E-state index >= 15 is 0 Å². The van der Waals surface area contributed by atoms with Crippen molar-refractivity contribution in [1.29, 1.82) is 0 Å². The minimum Gasteiger partial charge on any atom is -0.497 e. The fraction of sp³-hybridized carbons (Fsp3) is 0.333. The Morgan fingerprint density at radius 1 is 1.20 bits per heavy atom. The van der Waals surface area contributed by atoms with Gasteiger partial charge in [-0.2, -0.15) is 8.78 Å². The van der Waals surface area contributed by atoms with Crippen LogP contribution in [0.3, 0.4) is 0 Å². The number of rotatable bonds is 9. The Morgan fingerprint density at radius 3 is 2.77 bits per heavy atom. The Kier molecular flexibility index (Phi) is 7.42. The van der Waals surface area contributed by atoms with Gasteiger partial charge in [-0.3, -0.25) is 0 Å². The van der Waals surface area contributed by atoms with Crippen LogP contribution in [0.5, 0.6) is 11.5 Å². The van der Waals surface area contributed by atoms with Crippen LogP contribution in [-0.2, 0) is 13.0 Å². The van der Waals surface area contributed by atoms with Crippen molar-refractivity contribution in [2.75, 3.05) is 20.2 Å². The summed E-state index contributed by atoms with van der Waals surface area (Å²) in [5, 5.41) is 6.37. The zero-order chi connectivity index (χ0) is 21.3. The summed E-state index contributed by atoms with van der Waals surface area (Å²) in [6, 6.07) is 12.5. The number of ether oxygens (including phenoxy) is 2. The Balaban J connectivity index is 1.65. The van der Waals surface area contributed by atoms with Gasteiger partial charge in [-0.25, -0.2) is 9.98 Å². The van der Waals surface area contributed by atoms with Crippen LogP contribution in [-0.4, -0.2) is 42.7 Å². The third-order valence-electron chi connectivity index (χ3n) is 4.33. The summed E-state index contributed by atoms with van der Waals surface area (Å²) in [6.07, 6.45) is 0.679. The lowest BCUT2D eigenvalue weighted by molar-refractivity contribution is -0.0504. The molecule has 0 bridgehead atoms. The number of aromatic amines is 1. The number of nitrogens with zero attached hydrogens (tertiary/aromatic N) is 2. The SMILES string of the molecule is CCNC(=NCc1cc(OC)ccc1OC(F)F)NCCc1nc2ccccc2[nH]1. The molecule has 9 heteroatoms. The summed E-state index contributed by atoms with van der Waals surface area (Å²) in [4.78, 5) is 12.3. The third kappa shape index (κ3) is 5.82. The summed E-state index contributed by atoms with van der Waals surface area (Å²) >= 11 is 0. The molecule has 2 aromatic carbocycles. The summed E-state index contributed by atoms with van der Waals surface area (Å²) in [6.45, 7) is 0.461. The molecule has 0 aliphatic carbocycles. The first-order valence-electron chi connectivity index (χ1n) is 9.66. The van der Waals surface area contributed by atoms with Gasteiger partial charge in [0, 0.05) is 25.1 Å². The van der Waals surface area contributed by atoms with Gasteiger partial charge in [0.25, 0.3) is 0 Å². The highest BCUT2D eigenvalue weighted by molar-refractivity contribution is 5.79. The lowest BCUT2D eigenvalue weighted by atomic mass is 10.2. The molecule has 30 heavy (non-hydrogen) atoms. The number of benzene rings is 2. The van der Waals surface area contributed by atoms with E-state index in [1.807, 2.05) is 31.2 Å². The Morgan fingerprint density at radius 2 is 2.03 bits per heavy atom. The lowest BCUT2D eigenvalue weighted by Gasteiger charge is -2.13. The van der Waals surface area contributed by atoms with Crippen molar-refractivity contribution in [2.45, 2.75) is 26.5 Å². The number of aromatic nitrogens is 2. The second-order valence-corrected chi connectivity index (χ2v) is 6.42. The predicted molar refractivity (Wildman–Crippen MR) is 112 cm³/mol. The highest BCUT2D eigenvalue weighted by Crippen LogP contribution is 2.26. The minimum absolute atomic E-state index is 0.0766. The van der Waals surface area contributed by atoms with Gasteiger partial charge in [0.15, 0.2) is 5.96 Å². The van der Waals surface area contributed by atoms with Gasteiger partial charge in [0.1, 0.15) is 17.3 Å². The molecule has 3 rings (SSSR count). The second-order valence-electron chi connectivity index (χ2n) is 6.42. The predicted octanol–water partition coefficient (Wildman–Crippen LogP) is 3.47. The topological polar surface area (TPSA) is 83.6 Å². The second kappa shape index (κ2) is 10.4. The number of hydrogen-bond donors (Lipinski definition) is 3. The smallest absolute Gasteiger partial charge is 0.387 e. The van der Waals surface area contributed by atoms with Crippen molar-refractivity contribution in [3.63, 3.8) is 0 Å². The van der Waals surface area contributed by atoms with E-state index in [4.69, 9.17) is 4.74 Å². The van der Waals surface area contributed by atoms with Crippen LogP contribution in [0.25, 0.3) is 11.0 Å². The molecule has 3 aromatic rings. The van der Waals surface area contributed by atoms with Gasteiger partial charge in [0.05, 0.1) is 24.7 Å². The number of para-hydroxylation sites is 2. The van der Waals surface area contributed by atoms with Gasteiger partial charge in [-0.15, -0.1) is 0 Å². The van der Waals surface area contributed by atoms with Gasteiger partial charge >= 0.3 is 6.61 Å². The molecule has 0 unspecified atom stereocenters. The molecule has 3 N–H and O–H groups in total. The number of halogens is 2. The van der Waals surface area contributed by atoms with E-state index < -0.39 is 6.61 Å². The van der Waals surface area contributed by atoms with Crippen LogP contribution in [0, 0.1) is 0 Å². The van der Waals surface area contributed by atoms with Crippen LogP contribution in [0.1, 0.15) is 18.3 Å². The van der Waals surface area contributed by atoms with E-state index in [1.54, 1.807) is 12.1 Å². The van der Waals surface area contributed by atoms with Crippen LogP contribution in [0.2, 0.25) is 0 Å². The molecule has 0 aliphatic rings. The summed E-state index contributed by atoms with van der Waals surface area (Å²) in [5.41, 5.74) is 2.43. The maximum absolute atomic E-state index is 12.7. The largest absolute Gasteiger partial charge is 0.497 e. The molecule has 0 amide bonds. The average Bonchev–Trinajstić information content (AvgIpc) is 3.15. The number of methoxy groups -OCH3 is 1. The summed E-state index contributed by atoms with van der Waals surface area (Å²) < 4.78 is 35.1. The number of fused-ring (bicyclic) bond motifs is 1. The van der Waals surface area contributed by atoms with E-state index in [-0.39, 0.29) is 12.3 Å². The lowest BCUT2D eigenvalue weighted by Crippen LogP contribution is -2.38. The maximum Gasteiger partial charge on any atom is 0.387 e. The van der Waals surface area contributed by atoms with Crippen molar-refractivity contribution in [1.82, 2.24) is 20.6 Å². The highest BCUT2D eigenvalue weighted by Gasteiger charge is 2.11. The molecule has 0 saturated heterocycles. The van der Waals surface area contributed by atoms with E-state index in [1.165, 1.54) is 13.2 Å². The Labute approximate surface area is 173 Å². The van der Waals surface area contributed by atoms with Gasteiger partial charge in [0.2, 0.25) is 0 Å². The van der Waals surface area contributed by atoms with Crippen LogP contribution in [0.4, 0.5) is 8.78 Å². The molecular weight excluding hydrogens is 392 g/mol. The first-order valence-corrected chi connectivity index (χ1v) is 9.66. The number of alkyl halides is 2. The first kappa shape index (κ1) is 21.4. The fourth-order valence-corrected chi connectivity index (χ4v) is 2.95. The van der Waals surface area contributed by atoms with E-state index in [0.717, 1.165) is 16.9 Å².